The van der Waals surface area contributed by atoms with Crippen LogP contribution in [0.5, 0.6) is 5.75 Å². The third-order valence-electron chi connectivity index (χ3n) is 3.15. The molecule has 1 heterocycles. The van der Waals surface area contributed by atoms with Gasteiger partial charge in [-0.2, -0.15) is 0 Å². The summed E-state index contributed by atoms with van der Waals surface area (Å²) in [5, 5.41) is 0. The second-order valence-corrected chi connectivity index (χ2v) is 5.84. The fraction of sp³-hybridized carbons (Fsp3) is 0.0556. The summed E-state index contributed by atoms with van der Waals surface area (Å²) in [5.74, 6) is -0.291. The molecule has 0 spiro atoms. The predicted octanol–water partition coefficient (Wildman–Crippen LogP) is 3.72. The first-order valence-electron chi connectivity index (χ1n) is 7.09. The number of esters is 2. The summed E-state index contributed by atoms with van der Waals surface area (Å²) in [4.78, 5) is 27.3. The monoisotopic (exact) mass is 385 g/mol. The van der Waals surface area contributed by atoms with Gasteiger partial charge in [-0.25, -0.2) is 9.79 Å². The molecule has 0 N–H and O–H groups in total. The Kier molecular flexibility index (Phi) is 4.57. The van der Waals surface area contributed by atoms with E-state index in [2.05, 4.69) is 20.9 Å². The number of ether oxygens (including phenoxy) is 2. The van der Waals surface area contributed by atoms with E-state index in [-0.39, 0.29) is 11.6 Å². The van der Waals surface area contributed by atoms with Gasteiger partial charge in [0.05, 0.1) is 5.56 Å². The number of carbonyl (C=O) groups excluding carboxylic acids is 2. The first kappa shape index (κ1) is 16.1. The van der Waals surface area contributed by atoms with Crippen LogP contribution < -0.4 is 4.74 Å². The number of carbonyl (C=O) groups is 2. The maximum atomic E-state index is 12.0. The van der Waals surface area contributed by atoms with Gasteiger partial charge in [0.1, 0.15) is 5.75 Å². The molecule has 1 aliphatic heterocycles. The molecular weight excluding hydrogens is 374 g/mol. The van der Waals surface area contributed by atoms with Gasteiger partial charge in [-0.1, -0.05) is 24.3 Å². The molecule has 0 aliphatic carbocycles. The lowest BCUT2D eigenvalue weighted by Crippen LogP contribution is -2.05. The predicted molar refractivity (Wildman–Crippen MR) is 92.5 cm³/mol. The Labute approximate surface area is 146 Å². The smallest absolute Gasteiger partial charge is 0.363 e. The Balaban J connectivity index is 1.92. The second-order valence-electron chi connectivity index (χ2n) is 4.98. The zero-order valence-electron chi connectivity index (χ0n) is 12.7. The standard InChI is InChI=1S/C18H12BrNO4/c1-11(21)23-13-6-4-5-12(9-13)10-16-18(22)24-17(20-16)14-7-2-3-8-15(14)19/h2-10H,1H3/b16-10-. The molecule has 5 nitrogen and oxygen atoms in total. The second kappa shape index (κ2) is 6.80. The van der Waals surface area contributed by atoms with Gasteiger partial charge in [-0.3, -0.25) is 4.79 Å². The molecule has 0 fully saturated rings. The van der Waals surface area contributed by atoms with E-state index in [9.17, 15) is 9.59 Å². The summed E-state index contributed by atoms with van der Waals surface area (Å²) in [7, 11) is 0. The fourth-order valence-corrected chi connectivity index (χ4v) is 2.61. The van der Waals surface area contributed by atoms with E-state index in [0.717, 1.165) is 4.47 Å². The quantitative estimate of drug-likeness (QED) is 0.458. The third-order valence-corrected chi connectivity index (χ3v) is 3.84. The average Bonchev–Trinajstić information content (AvgIpc) is 2.88. The highest BCUT2D eigenvalue weighted by Crippen LogP contribution is 2.24. The van der Waals surface area contributed by atoms with Gasteiger partial charge < -0.3 is 9.47 Å². The Morgan fingerprint density at radius 2 is 2.00 bits per heavy atom. The minimum atomic E-state index is -0.529. The van der Waals surface area contributed by atoms with Gasteiger partial charge in [-0.15, -0.1) is 0 Å². The molecule has 3 rings (SSSR count). The molecule has 2 aromatic rings. The Hall–Kier alpha value is -2.73. The zero-order chi connectivity index (χ0) is 17.1. The van der Waals surface area contributed by atoms with Crippen molar-refractivity contribution >= 4 is 39.8 Å². The van der Waals surface area contributed by atoms with Crippen molar-refractivity contribution in [1.82, 2.24) is 0 Å². The zero-order valence-corrected chi connectivity index (χ0v) is 14.2. The van der Waals surface area contributed by atoms with Gasteiger partial charge in [0.25, 0.3) is 0 Å². The van der Waals surface area contributed by atoms with Gasteiger partial charge in [0.15, 0.2) is 5.70 Å². The van der Waals surface area contributed by atoms with E-state index in [1.165, 1.54) is 6.92 Å². The van der Waals surface area contributed by atoms with E-state index >= 15 is 0 Å². The minimum absolute atomic E-state index is 0.181. The van der Waals surface area contributed by atoms with Crippen LogP contribution in [0.4, 0.5) is 0 Å². The minimum Gasteiger partial charge on any atom is -0.427 e. The van der Waals surface area contributed by atoms with Crippen molar-refractivity contribution in [3.05, 3.63) is 69.8 Å². The topological polar surface area (TPSA) is 65.0 Å². The molecule has 24 heavy (non-hydrogen) atoms. The summed E-state index contributed by atoms with van der Waals surface area (Å²) in [6.07, 6.45) is 1.58. The van der Waals surface area contributed by atoms with Crippen molar-refractivity contribution in [2.75, 3.05) is 0 Å². The van der Waals surface area contributed by atoms with E-state index in [1.54, 1.807) is 36.4 Å². The molecule has 0 bridgehead atoms. The van der Waals surface area contributed by atoms with Crippen molar-refractivity contribution in [3.63, 3.8) is 0 Å². The van der Waals surface area contributed by atoms with E-state index < -0.39 is 11.9 Å². The van der Waals surface area contributed by atoms with Crippen molar-refractivity contribution in [2.45, 2.75) is 6.92 Å². The van der Waals surface area contributed by atoms with Crippen LogP contribution in [0.2, 0.25) is 0 Å². The summed E-state index contributed by atoms with van der Waals surface area (Å²) in [6, 6.07) is 14.2. The molecule has 0 radical (unpaired) electrons. The van der Waals surface area contributed by atoms with Crippen LogP contribution in [0.15, 0.2) is 63.7 Å². The highest BCUT2D eigenvalue weighted by atomic mass is 79.9. The van der Waals surface area contributed by atoms with Crippen LogP contribution >= 0.6 is 15.9 Å². The summed E-state index contributed by atoms with van der Waals surface area (Å²) >= 11 is 3.41. The van der Waals surface area contributed by atoms with Crippen molar-refractivity contribution in [1.29, 1.82) is 0 Å². The largest absolute Gasteiger partial charge is 0.427 e. The SMILES string of the molecule is CC(=O)Oc1cccc(/C=C2\N=C(c3ccccc3Br)OC2=O)c1. The lowest BCUT2D eigenvalue weighted by Gasteiger charge is -2.01. The number of nitrogens with zero attached hydrogens (tertiary/aromatic N) is 1. The highest BCUT2D eigenvalue weighted by molar-refractivity contribution is 9.10. The van der Waals surface area contributed by atoms with Crippen molar-refractivity contribution < 1.29 is 19.1 Å². The van der Waals surface area contributed by atoms with Crippen LogP contribution in [0.25, 0.3) is 6.08 Å². The number of hydrogen-bond donors (Lipinski definition) is 0. The number of hydrogen-bond acceptors (Lipinski definition) is 5. The molecule has 0 atom stereocenters. The summed E-state index contributed by atoms with van der Waals surface area (Å²) in [5.41, 5.74) is 1.56. The maximum absolute atomic E-state index is 12.0. The number of cyclic esters (lactones) is 1. The van der Waals surface area contributed by atoms with Crippen LogP contribution in [-0.4, -0.2) is 17.8 Å². The van der Waals surface area contributed by atoms with Crippen molar-refractivity contribution in [2.24, 2.45) is 4.99 Å². The molecule has 0 saturated carbocycles. The molecule has 1 aliphatic rings. The number of benzene rings is 2. The molecule has 6 heteroatoms. The molecule has 0 unspecified atom stereocenters. The van der Waals surface area contributed by atoms with Crippen LogP contribution in [0.3, 0.4) is 0 Å². The third kappa shape index (κ3) is 3.60. The number of aliphatic imine (C=N–C) groups is 1. The Morgan fingerprint density at radius 3 is 2.75 bits per heavy atom. The van der Waals surface area contributed by atoms with E-state index in [4.69, 9.17) is 9.47 Å². The lowest BCUT2D eigenvalue weighted by molar-refractivity contribution is -0.132. The Morgan fingerprint density at radius 1 is 1.21 bits per heavy atom. The van der Waals surface area contributed by atoms with Crippen LogP contribution in [0, 0.1) is 0 Å². The van der Waals surface area contributed by atoms with E-state index in [0.29, 0.717) is 16.9 Å². The van der Waals surface area contributed by atoms with E-state index in [1.807, 2.05) is 18.2 Å². The highest BCUT2D eigenvalue weighted by Gasteiger charge is 2.25. The summed E-state index contributed by atoms with van der Waals surface area (Å²) in [6.45, 7) is 1.33. The average molecular weight is 386 g/mol. The number of rotatable bonds is 3. The first-order chi connectivity index (χ1) is 11.5. The van der Waals surface area contributed by atoms with Crippen molar-refractivity contribution in [3.8, 4) is 5.75 Å². The van der Waals surface area contributed by atoms with Gasteiger partial charge >= 0.3 is 11.9 Å². The maximum Gasteiger partial charge on any atom is 0.363 e. The van der Waals surface area contributed by atoms with Crippen LogP contribution in [0.1, 0.15) is 18.1 Å². The molecule has 0 aromatic heterocycles. The fourth-order valence-electron chi connectivity index (χ4n) is 2.15. The molecule has 0 amide bonds. The number of halogens is 1. The van der Waals surface area contributed by atoms with Gasteiger partial charge in [0, 0.05) is 11.4 Å². The molecular formula is C18H12BrNO4. The normalized spacial score (nSPS) is 15.2. The summed E-state index contributed by atoms with van der Waals surface area (Å²) < 4.78 is 11.0. The van der Waals surface area contributed by atoms with Gasteiger partial charge in [-0.05, 0) is 51.8 Å². The molecule has 0 saturated heterocycles. The Bertz CT molecular complexity index is 886. The van der Waals surface area contributed by atoms with Gasteiger partial charge in [0.2, 0.25) is 5.90 Å². The first-order valence-corrected chi connectivity index (χ1v) is 7.88. The molecule has 120 valence electrons. The molecule has 2 aromatic carbocycles. The van der Waals surface area contributed by atoms with Crippen LogP contribution in [-0.2, 0) is 14.3 Å². The lowest BCUT2D eigenvalue weighted by atomic mass is 10.2.